The summed E-state index contributed by atoms with van der Waals surface area (Å²) in [5.74, 6) is 0. The number of hydrogen-bond donors (Lipinski definition) is 1. The van der Waals surface area contributed by atoms with Gasteiger partial charge < -0.3 is 9.88 Å². The van der Waals surface area contributed by atoms with Crippen molar-refractivity contribution in [3.63, 3.8) is 0 Å². The zero-order valence-corrected chi connectivity index (χ0v) is 8.27. The molecular formula is C10H11N5. The van der Waals surface area contributed by atoms with E-state index in [2.05, 4.69) is 10.3 Å². The Balaban J connectivity index is 2.18. The highest BCUT2D eigenvalue weighted by Gasteiger charge is 2.17. The Hall–Kier alpha value is -1.85. The molecular weight excluding hydrogens is 190 g/mol. The van der Waals surface area contributed by atoms with Crippen molar-refractivity contribution in [1.82, 2.24) is 14.9 Å². The summed E-state index contributed by atoms with van der Waals surface area (Å²) in [4.78, 5) is 3.90. The molecule has 0 aromatic carbocycles. The molecule has 0 saturated carbocycles. The van der Waals surface area contributed by atoms with Gasteiger partial charge in [0.2, 0.25) is 0 Å². The van der Waals surface area contributed by atoms with Gasteiger partial charge in [-0.05, 0) is 19.4 Å². The van der Waals surface area contributed by atoms with Gasteiger partial charge in [0.15, 0.2) is 11.4 Å². The van der Waals surface area contributed by atoms with E-state index in [1.165, 1.54) is 6.42 Å². The number of rotatable bonds is 2. The number of hydrogen-bond acceptors (Lipinski definition) is 4. The van der Waals surface area contributed by atoms with Crippen molar-refractivity contribution in [2.45, 2.75) is 25.4 Å². The lowest BCUT2D eigenvalue weighted by Gasteiger charge is -2.10. The monoisotopic (exact) mass is 201 g/mol. The summed E-state index contributed by atoms with van der Waals surface area (Å²) in [7, 11) is 0. The summed E-state index contributed by atoms with van der Waals surface area (Å²) < 4.78 is 1.75. The Morgan fingerprint density at radius 2 is 2.40 bits per heavy atom. The summed E-state index contributed by atoms with van der Waals surface area (Å²) in [6.07, 6.45) is 3.86. The van der Waals surface area contributed by atoms with E-state index >= 15 is 0 Å². The smallest absolute Gasteiger partial charge is 0.176 e. The zero-order chi connectivity index (χ0) is 10.7. The third kappa shape index (κ3) is 1.83. The molecule has 1 aromatic rings. The van der Waals surface area contributed by atoms with E-state index in [9.17, 15) is 0 Å². The van der Waals surface area contributed by atoms with Gasteiger partial charge >= 0.3 is 0 Å². The van der Waals surface area contributed by atoms with Crippen LogP contribution >= 0.6 is 0 Å². The first-order chi connectivity index (χ1) is 7.35. The Morgan fingerprint density at radius 1 is 1.53 bits per heavy atom. The lowest BCUT2D eigenvalue weighted by atomic mass is 10.2. The van der Waals surface area contributed by atoms with Gasteiger partial charge in [-0.2, -0.15) is 10.5 Å². The van der Waals surface area contributed by atoms with Crippen LogP contribution in [0.2, 0.25) is 0 Å². The molecule has 1 fully saturated rings. The van der Waals surface area contributed by atoms with Gasteiger partial charge in [-0.25, -0.2) is 4.98 Å². The molecule has 2 rings (SSSR count). The standard InChI is InChI=1S/C10H11N5/c11-4-9-10(5-12)15(7-14-9)6-8-2-1-3-13-8/h7-8,13H,1-3,6H2/t8-/m1/s1. The summed E-state index contributed by atoms with van der Waals surface area (Å²) in [6, 6.07) is 4.34. The van der Waals surface area contributed by atoms with E-state index in [-0.39, 0.29) is 5.69 Å². The minimum atomic E-state index is 0.218. The fourth-order valence-electron chi connectivity index (χ4n) is 1.87. The van der Waals surface area contributed by atoms with Crippen molar-refractivity contribution in [3.8, 4) is 12.1 Å². The van der Waals surface area contributed by atoms with Gasteiger partial charge in [-0.15, -0.1) is 0 Å². The van der Waals surface area contributed by atoms with Gasteiger partial charge in [-0.3, -0.25) is 0 Å². The van der Waals surface area contributed by atoms with Crippen LogP contribution in [0.5, 0.6) is 0 Å². The van der Waals surface area contributed by atoms with Crippen molar-refractivity contribution in [2.75, 3.05) is 6.54 Å². The third-order valence-electron chi connectivity index (χ3n) is 2.63. The van der Waals surface area contributed by atoms with Gasteiger partial charge in [-0.1, -0.05) is 0 Å². The second-order valence-corrected chi connectivity index (χ2v) is 3.61. The highest BCUT2D eigenvalue weighted by atomic mass is 15.1. The number of nitrogens with one attached hydrogen (secondary N) is 1. The summed E-state index contributed by atoms with van der Waals surface area (Å²) in [6.45, 7) is 1.75. The summed E-state index contributed by atoms with van der Waals surface area (Å²) in [5, 5.41) is 21.0. The maximum atomic E-state index is 8.91. The first kappa shape index (κ1) is 9.70. The highest BCUT2D eigenvalue weighted by molar-refractivity contribution is 5.36. The Bertz CT molecular complexity index is 428. The lowest BCUT2D eigenvalue weighted by Crippen LogP contribution is -2.26. The molecule has 5 nitrogen and oxygen atoms in total. The first-order valence-corrected chi connectivity index (χ1v) is 4.94. The van der Waals surface area contributed by atoms with E-state index < -0.39 is 0 Å². The second-order valence-electron chi connectivity index (χ2n) is 3.61. The van der Waals surface area contributed by atoms with Gasteiger partial charge in [0, 0.05) is 12.6 Å². The molecule has 5 heteroatoms. The van der Waals surface area contributed by atoms with E-state index in [4.69, 9.17) is 10.5 Å². The molecule has 1 atom stereocenters. The van der Waals surface area contributed by atoms with Gasteiger partial charge in [0.25, 0.3) is 0 Å². The van der Waals surface area contributed by atoms with Crippen LogP contribution in [-0.2, 0) is 6.54 Å². The highest BCUT2D eigenvalue weighted by Crippen LogP contribution is 2.11. The molecule has 0 spiro atoms. The second kappa shape index (κ2) is 4.12. The summed E-state index contributed by atoms with van der Waals surface area (Å²) >= 11 is 0. The molecule has 0 amide bonds. The zero-order valence-electron chi connectivity index (χ0n) is 8.27. The van der Waals surface area contributed by atoms with Gasteiger partial charge in [0.05, 0.1) is 6.33 Å². The molecule has 1 N–H and O–H groups in total. The largest absolute Gasteiger partial charge is 0.320 e. The molecule has 1 aliphatic rings. The van der Waals surface area contributed by atoms with Crippen LogP contribution in [0.25, 0.3) is 0 Å². The van der Waals surface area contributed by atoms with Crippen molar-refractivity contribution in [3.05, 3.63) is 17.7 Å². The van der Waals surface area contributed by atoms with Crippen molar-refractivity contribution in [1.29, 1.82) is 10.5 Å². The Labute approximate surface area is 88.0 Å². The molecule has 1 aromatic heterocycles. The predicted octanol–water partition coefficient (Wildman–Crippen LogP) is 0.378. The molecule has 0 bridgehead atoms. The fourth-order valence-corrected chi connectivity index (χ4v) is 1.87. The van der Waals surface area contributed by atoms with Crippen LogP contribution in [-0.4, -0.2) is 22.1 Å². The average Bonchev–Trinajstić information content (AvgIpc) is 2.87. The quantitative estimate of drug-likeness (QED) is 0.750. The topological polar surface area (TPSA) is 77.4 Å². The minimum absolute atomic E-state index is 0.218. The summed E-state index contributed by atoms with van der Waals surface area (Å²) in [5.41, 5.74) is 0.585. The SMILES string of the molecule is N#Cc1ncn(C[C@H]2CCCN2)c1C#N. The van der Waals surface area contributed by atoms with Crippen molar-refractivity contribution in [2.24, 2.45) is 0 Å². The molecule has 76 valence electrons. The molecule has 2 heterocycles. The van der Waals surface area contributed by atoms with E-state index in [1.807, 2.05) is 12.1 Å². The average molecular weight is 201 g/mol. The Morgan fingerprint density at radius 3 is 3.00 bits per heavy atom. The fraction of sp³-hybridized carbons (Fsp3) is 0.500. The van der Waals surface area contributed by atoms with E-state index in [0.29, 0.717) is 11.7 Å². The van der Waals surface area contributed by atoms with Crippen LogP contribution in [0.4, 0.5) is 0 Å². The molecule has 15 heavy (non-hydrogen) atoms. The Kier molecular flexibility index (Phi) is 2.66. The minimum Gasteiger partial charge on any atom is -0.320 e. The van der Waals surface area contributed by atoms with Crippen LogP contribution < -0.4 is 5.32 Å². The molecule has 0 radical (unpaired) electrons. The predicted molar refractivity (Wildman–Crippen MR) is 52.7 cm³/mol. The number of aromatic nitrogens is 2. The van der Waals surface area contributed by atoms with Crippen LogP contribution in [0.15, 0.2) is 6.33 Å². The van der Waals surface area contributed by atoms with E-state index in [0.717, 1.165) is 19.5 Å². The molecule has 1 saturated heterocycles. The lowest BCUT2D eigenvalue weighted by molar-refractivity contribution is 0.506. The van der Waals surface area contributed by atoms with Gasteiger partial charge in [0.1, 0.15) is 12.1 Å². The van der Waals surface area contributed by atoms with Crippen LogP contribution in [0, 0.1) is 22.7 Å². The maximum absolute atomic E-state index is 8.91. The molecule has 1 aliphatic heterocycles. The molecule has 0 aliphatic carbocycles. The third-order valence-corrected chi connectivity index (χ3v) is 2.63. The maximum Gasteiger partial charge on any atom is 0.176 e. The first-order valence-electron chi connectivity index (χ1n) is 4.94. The number of nitrogens with zero attached hydrogens (tertiary/aromatic N) is 4. The normalized spacial score (nSPS) is 19.7. The number of nitriles is 2. The van der Waals surface area contributed by atoms with Crippen LogP contribution in [0.1, 0.15) is 24.2 Å². The number of imidazole rings is 1. The van der Waals surface area contributed by atoms with Crippen molar-refractivity contribution >= 4 is 0 Å². The van der Waals surface area contributed by atoms with Crippen molar-refractivity contribution < 1.29 is 0 Å². The van der Waals surface area contributed by atoms with E-state index in [1.54, 1.807) is 10.9 Å². The molecule has 0 unspecified atom stereocenters. The van der Waals surface area contributed by atoms with Crippen LogP contribution in [0.3, 0.4) is 0 Å².